The lowest BCUT2D eigenvalue weighted by Crippen LogP contribution is -2.50. The molecule has 3 aromatic rings. The largest absolute Gasteiger partial charge is 0.336 e. The fraction of sp³-hybridized carbons (Fsp3) is 0.292. The molecule has 0 atom stereocenters. The summed E-state index contributed by atoms with van der Waals surface area (Å²) in [6, 6.07) is 20.7. The van der Waals surface area contributed by atoms with Crippen LogP contribution in [0.1, 0.15) is 35.7 Å². The molecule has 1 fully saturated rings. The maximum Gasteiger partial charge on any atom is 0.253 e. The topological polar surface area (TPSA) is 57.7 Å². The van der Waals surface area contributed by atoms with Gasteiger partial charge in [0.05, 0.1) is 4.90 Å². The number of rotatable bonds is 4. The highest BCUT2D eigenvalue weighted by atomic mass is 32.2. The first-order valence-corrected chi connectivity index (χ1v) is 11.7. The van der Waals surface area contributed by atoms with Crippen molar-refractivity contribution < 1.29 is 13.2 Å². The molecule has 3 aromatic carbocycles. The molecule has 1 amide bonds. The van der Waals surface area contributed by atoms with E-state index in [0.717, 1.165) is 16.3 Å². The Bertz CT molecular complexity index is 1160. The lowest BCUT2D eigenvalue weighted by atomic mass is 10.0. The molecule has 30 heavy (non-hydrogen) atoms. The first kappa shape index (κ1) is 20.6. The molecule has 4 rings (SSSR count). The number of piperazine rings is 1. The van der Waals surface area contributed by atoms with Crippen molar-refractivity contribution in [3.8, 4) is 0 Å². The van der Waals surface area contributed by atoms with Crippen LogP contribution in [0.5, 0.6) is 0 Å². The summed E-state index contributed by atoms with van der Waals surface area (Å²) in [7, 11) is -3.55. The van der Waals surface area contributed by atoms with E-state index in [1.807, 2.05) is 54.6 Å². The monoisotopic (exact) mass is 422 g/mol. The molecule has 0 N–H and O–H groups in total. The van der Waals surface area contributed by atoms with Crippen LogP contribution in [0.2, 0.25) is 0 Å². The van der Waals surface area contributed by atoms with Crippen molar-refractivity contribution in [1.82, 2.24) is 9.21 Å². The van der Waals surface area contributed by atoms with Gasteiger partial charge >= 0.3 is 0 Å². The lowest BCUT2D eigenvalue weighted by molar-refractivity contribution is 0.0698. The second-order valence-corrected chi connectivity index (χ2v) is 9.92. The first-order valence-electron chi connectivity index (χ1n) is 10.2. The number of fused-ring (bicyclic) bond motifs is 1. The summed E-state index contributed by atoms with van der Waals surface area (Å²) < 4.78 is 27.4. The maximum atomic E-state index is 13.0. The molecule has 0 saturated carbocycles. The Balaban J connectivity index is 1.45. The molecule has 0 aromatic heterocycles. The van der Waals surface area contributed by atoms with Crippen molar-refractivity contribution in [1.29, 1.82) is 0 Å². The molecule has 0 radical (unpaired) electrons. The van der Waals surface area contributed by atoms with Gasteiger partial charge in [0.1, 0.15) is 0 Å². The molecule has 1 aliphatic heterocycles. The normalized spacial score (nSPS) is 15.6. The fourth-order valence-corrected chi connectivity index (χ4v) is 5.23. The second-order valence-electron chi connectivity index (χ2n) is 7.98. The minimum absolute atomic E-state index is 0.0564. The predicted molar refractivity (Wildman–Crippen MR) is 119 cm³/mol. The van der Waals surface area contributed by atoms with Crippen LogP contribution in [-0.2, 0) is 10.0 Å². The number of hydrogen-bond acceptors (Lipinski definition) is 3. The van der Waals surface area contributed by atoms with E-state index in [9.17, 15) is 13.2 Å². The first-order chi connectivity index (χ1) is 14.4. The van der Waals surface area contributed by atoms with E-state index >= 15 is 0 Å². The van der Waals surface area contributed by atoms with E-state index in [1.165, 1.54) is 4.31 Å². The van der Waals surface area contributed by atoms with Crippen molar-refractivity contribution in [2.45, 2.75) is 24.7 Å². The van der Waals surface area contributed by atoms with Crippen molar-refractivity contribution in [3.05, 3.63) is 77.9 Å². The van der Waals surface area contributed by atoms with Crippen LogP contribution in [0.3, 0.4) is 0 Å². The Labute approximate surface area is 178 Å². The summed E-state index contributed by atoms with van der Waals surface area (Å²) in [5, 5.41) is 2.11. The van der Waals surface area contributed by atoms with Crippen LogP contribution in [0.25, 0.3) is 10.8 Å². The number of carbonyl (C=O) groups excluding carboxylic acids is 1. The molecule has 1 heterocycles. The summed E-state index contributed by atoms with van der Waals surface area (Å²) in [5.74, 6) is 0.297. The molecule has 0 bridgehead atoms. The molecule has 1 saturated heterocycles. The third kappa shape index (κ3) is 3.98. The SMILES string of the molecule is CC(C)c1ccc(S(=O)(=O)N2CCN(C(=O)c3ccc4ccccc4c3)CC2)cc1. The molecule has 0 spiro atoms. The Kier molecular flexibility index (Phi) is 5.62. The van der Waals surface area contributed by atoms with Gasteiger partial charge < -0.3 is 4.90 Å². The van der Waals surface area contributed by atoms with Crippen molar-refractivity contribution in [2.75, 3.05) is 26.2 Å². The lowest BCUT2D eigenvalue weighted by Gasteiger charge is -2.34. The van der Waals surface area contributed by atoms with Gasteiger partial charge in [-0.2, -0.15) is 4.31 Å². The van der Waals surface area contributed by atoms with Crippen LogP contribution in [0.15, 0.2) is 71.6 Å². The quantitative estimate of drug-likeness (QED) is 0.636. The molecule has 6 heteroatoms. The zero-order valence-corrected chi connectivity index (χ0v) is 18.1. The van der Waals surface area contributed by atoms with Crippen LogP contribution < -0.4 is 0 Å². The van der Waals surface area contributed by atoms with Crippen molar-refractivity contribution in [2.24, 2.45) is 0 Å². The molecular formula is C24H26N2O3S. The minimum atomic E-state index is -3.55. The minimum Gasteiger partial charge on any atom is -0.336 e. The average Bonchev–Trinajstić information content (AvgIpc) is 2.78. The Morgan fingerprint density at radius 1 is 0.833 bits per heavy atom. The maximum absolute atomic E-state index is 13.0. The number of benzene rings is 3. The number of nitrogens with zero attached hydrogens (tertiary/aromatic N) is 2. The van der Waals surface area contributed by atoms with Gasteiger partial charge in [0.2, 0.25) is 10.0 Å². The van der Waals surface area contributed by atoms with Gasteiger partial charge in [-0.1, -0.05) is 56.3 Å². The van der Waals surface area contributed by atoms with Gasteiger partial charge in [-0.3, -0.25) is 4.79 Å². The molecule has 1 aliphatic rings. The fourth-order valence-electron chi connectivity index (χ4n) is 3.81. The third-order valence-corrected chi connectivity index (χ3v) is 7.62. The highest BCUT2D eigenvalue weighted by Crippen LogP contribution is 2.22. The van der Waals surface area contributed by atoms with Gasteiger partial charge in [-0.25, -0.2) is 8.42 Å². The van der Waals surface area contributed by atoms with Gasteiger partial charge in [-0.05, 0) is 46.5 Å². The van der Waals surface area contributed by atoms with E-state index in [-0.39, 0.29) is 5.91 Å². The Hall–Kier alpha value is -2.70. The number of carbonyl (C=O) groups is 1. The number of sulfonamides is 1. The van der Waals surface area contributed by atoms with E-state index in [4.69, 9.17) is 0 Å². The van der Waals surface area contributed by atoms with Crippen molar-refractivity contribution in [3.63, 3.8) is 0 Å². The highest BCUT2D eigenvalue weighted by molar-refractivity contribution is 7.89. The molecule has 0 unspecified atom stereocenters. The van der Waals surface area contributed by atoms with Crippen LogP contribution >= 0.6 is 0 Å². The smallest absolute Gasteiger partial charge is 0.253 e. The van der Waals surface area contributed by atoms with E-state index in [2.05, 4.69) is 13.8 Å². The van der Waals surface area contributed by atoms with E-state index < -0.39 is 10.0 Å². The van der Waals surface area contributed by atoms with Gasteiger partial charge in [0.25, 0.3) is 5.91 Å². The summed E-state index contributed by atoms with van der Waals surface area (Å²) in [4.78, 5) is 15.0. The zero-order chi connectivity index (χ0) is 21.3. The molecule has 5 nitrogen and oxygen atoms in total. The van der Waals surface area contributed by atoms with Crippen LogP contribution in [0, 0.1) is 0 Å². The Morgan fingerprint density at radius 2 is 1.47 bits per heavy atom. The predicted octanol–water partition coefficient (Wildman–Crippen LogP) is 4.11. The van der Waals surface area contributed by atoms with Crippen molar-refractivity contribution >= 4 is 26.7 Å². The summed E-state index contributed by atoms with van der Waals surface area (Å²) in [6.45, 7) is 5.52. The molecular weight excluding hydrogens is 396 g/mol. The van der Waals surface area contributed by atoms with Gasteiger partial charge in [0, 0.05) is 31.7 Å². The number of hydrogen-bond donors (Lipinski definition) is 0. The summed E-state index contributed by atoms with van der Waals surface area (Å²) >= 11 is 0. The Morgan fingerprint density at radius 3 is 2.10 bits per heavy atom. The summed E-state index contributed by atoms with van der Waals surface area (Å²) in [5.41, 5.74) is 1.74. The third-order valence-electron chi connectivity index (χ3n) is 5.71. The second kappa shape index (κ2) is 8.20. The summed E-state index contributed by atoms with van der Waals surface area (Å²) in [6.07, 6.45) is 0. The zero-order valence-electron chi connectivity index (χ0n) is 17.3. The van der Waals surface area contributed by atoms with Gasteiger partial charge in [0.15, 0.2) is 0 Å². The number of amides is 1. The van der Waals surface area contributed by atoms with E-state index in [0.29, 0.717) is 42.6 Å². The molecule has 156 valence electrons. The van der Waals surface area contributed by atoms with Gasteiger partial charge in [-0.15, -0.1) is 0 Å². The van der Waals surface area contributed by atoms with Crippen LogP contribution in [-0.4, -0.2) is 49.7 Å². The van der Waals surface area contributed by atoms with Crippen LogP contribution in [0.4, 0.5) is 0 Å². The highest BCUT2D eigenvalue weighted by Gasteiger charge is 2.30. The standard InChI is InChI=1S/C24H26N2O3S/c1-18(2)19-9-11-23(12-10-19)30(28,29)26-15-13-25(14-16-26)24(27)22-8-7-20-5-3-4-6-21(20)17-22/h3-12,17-18H,13-16H2,1-2H3. The molecule has 0 aliphatic carbocycles. The van der Waals surface area contributed by atoms with E-state index in [1.54, 1.807) is 17.0 Å². The average molecular weight is 423 g/mol.